The van der Waals surface area contributed by atoms with E-state index in [1.807, 2.05) is 6.07 Å². The van der Waals surface area contributed by atoms with Gasteiger partial charge >= 0.3 is 0 Å². The molecule has 2 aromatic rings. The molecule has 0 unspecified atom stereocenters. The van der Waals surface area contributed by atoms with Gasteiger partial charge in [-0.1, -0.05) is 37.0 Å². The highest BCUT2D eigenvalue weighted by atomic mass is 35.5. The van der Waals surface area contributed by atoms with Crippen LogP contribution >= 0.6 is 23.2 Å². The summed E-state index contributed by atoms with van der Waals surface area (Å²) in [6.07, 6.45) is 1.68. The van der Waals surface area contributed by atoms with Crippen LogP contribution in [-0.2, 0) is 13.2 Å². The Balaban J connectivity index is 1.92. The van der Waals surface area contributed by atoms with E-state index in [1.165, 1.54) is 0 Å². The SMILES string of the molecule is CC(C)CNCc1occc1COc1cc(Cl)cc(Cl)c1. The van der Waals surface area contributed by atoms with Crippen molar-refractivity contribution in [2.45, 2.75) is 27.0 Å². The Morgan fingerprint density at radius 1 is 1.19 bits per heavy atom. The second-order valence-electron chi connectivity index (χ2n) is 5.29. The zero-order valence-corrected chi connectivity index (χ0v) is 13.7. The zero-order valence-electron chi connectivity index (χ0n) is 12.2. The van der Waals surface area contributed by atoms with Crippen LogP contribution in [-0.4, -0.2) is 6.54 Å². The average molecular weight is 328 g/mol. The molecule has 0 radical (unpaired) electrons. The van der Waals surface area contributed by atoms with Crippen molar-refractivity contribution >= 4 is 23.2 Å². The number of hydrogen-bond acceptors (Lipinski definition) is 3. The standard InChI is InChI=1S/C16H19Cl2NO2/c1-11(2)8-19-9-16-12(3-4-20-16)10-21-15-6-13(17)5-14(18)7-15/h3-7,11,19H,8-10H2,1-2H3. The summed E-state index contributed by atoms with van der Waals surface area (Å²) in [5.41, 5.74) is 1.02. The van der Waals surface area contributed by atoms with Crippen molar-refractivity contribution in [2.75, 3.05) is 6.54 Å². The van der Waals surface area contributed by atoms with Gasteiger partial charge in [-0.2, -0.15) is 0 Å². The smallest absolute Gasteiger partial charge is 0.124 e. The van der Waals surface area contributed by atoms with Crippen LogP contribution < -0.4 is 10.1 Å². The first-order valence-electron chi connectivity index (χ1n) is 6.89. The van der Waals surface area contributed by atoms with E-state index < -0.39 is 0 Å². The molecule has 0 saturated carbocycles. The summed E-state index contributed by atoms with van der Waals surface area (Å²) in [5, 5.41) is 4.47. The van der Waals surface area contributed by atoms with Crippen LogP contribution in [0.25, 0.3) is 0 Å². The Labute approximate surface area is 135 Å². The fourth-order valence-corrected chi connectivity index (χ4v) is 2.40. The maximum absolute atomic E-state index is 5.95. The van der Waals surface area contributed by atoms with Gasteiger partial charge in [-0.05, 0) is 36.7 Å². The largest absolute Gasteiger partial charge is 0.489 e. The fraction of sp³-hybridized carbons (Fsp3) is 0.375. The van der Waals surface area contributed by atoms with E-state index in [0.29, 0.717) is 34.9 Å². The molecule has 0 fully saturated rings. The van der Waals surface area contributed by atoms with Crippen molar-refractivity contribution in [1.82, 2.24) is 5.32 Å². The van der Waals surface area contributed by atoms with Crippen molar-refractivity contribution in [3.8, 4) is 5.75 Å². The molecular formula is C16H19Cl2NO2. The highest BCUT2D eigenvalue weighted by Gasteiger charge is 2.08. The molecule has 21 heavy (non-hydrogen) atoms. The molecule has 0 spiro atoms. The van der Waals surface area contributed by atoms with Gasteiger partial charge in [0.25, 0.3) is 0 Å². The average Bonchev–Trinajstić information content (AvgIpc) is 2.82. The van der Waals surface area contributed by atoms with Crippen molar-refractivity contribution in [2.24, 2.45) is 5.92 Å². The molecule has 0 amide bonds. The molecule has 5 heteroatoms. The molecule has 2 rings (SSSR count). The van der Waals surface area contributed by atoms with Gasteiger partial charge in [-0.25, -0.2) is 0 Å². The first-order chi connectivity index (χ1) is 10.0. The summed E-state index contributed by atoms with van der Waals surface area (Å²) >= 11 is 11.9. The number of furan rings is 1. The van der Waals surface area contributed by atoms with Gasteiger partial charge in [0.2, 0.25) is 0 Å². The van der Waals surface area contributed by atoms with Crippen molar-refractivity contribution < 1.29 is 9.15 Å². The normalized spacial score (nSPS) is 11.1. The Morgan fingerprint density at radius 2 is 1.90 bits per heavy atom. The van der Waals surface area contributed by atoms with Crippen LogP contribution in [0, 0.1) is 5.92 Å². The highest BCUT2D eigenvalue weighted by Crippen LogP contribution is 2.25. The maximum Gasteiger partial charge on any atom is 0.124 e. The van der Waals surface area contributed by atoms with Gasteiger partial charge in [-0.3, -0.25) is 0 Å². The molecule has 0 aliphatic rings. The van der Waals surface area contributed by atoms with Gasteiger partial charge in [0.1, 0.15) is 18.1 Å². The molecule has 0 saturated heterocycles. The van der Waals surface area contributed by atoms with Crippen LogP contribution in [0.2, 0.25) is 10.0 Å². The Bertz CT molecular complexity index is 561. The molecule has 0 bridgehead atoms. The Morgan fingerprint density at radius 3 is 2.57 bits per heavy atom. The van der Waals surface area contributed by atoms with E-state index >= 15 is 0 Å². The molecular weight excluding hydrogens is 309 g/mol. The number of benzene rings is 1. The molecule has 1 aromatic heterocycles. The topological polar surface area (TPSA) is 34.4 Å². The summed E-state index contributed by atoms with van der Waals surface area (Å²) in [5.74, 6) is 2.15. The molecule has 1 heterocycles. The third kappa shape index (κ3) is 5.27. The third-order valence-corrected chi connectivity index (χ3v) is 3.34. The van der Waals surface area contributed by atoms with Gasteiger partial charge < -0.3 is 14.5 Å². The van der Waals surface area contributed by atoms with E-state index in [-0.39, 0.29) is 0 Å². The number of nitrogens with one attached hydrogen (secondary N) is 1. The lowest BCUT2D eigenvalue weighted by molar-refractivity contribution is 0.301. The predicted octanol–water partition coefficient (Wildman–Crippen LogP) is 4.91. The highest BCUT2D eigenvalue weighted by molar-refractivity contribution is 6.34. The van der Waals surface area contributed by atoms with Crippen molar-refractivity contribution in [3.63, 3.8) is 0 Å². The zero-order chi connectivity index (χ0) is 15.2. The molecule has 1 aromatic carbocycles. The van der Waals surface area contributed by atoms with E-state index in [4.69, 9.17) is 32.4 Å². The predicted molar refractivity (Wildman–Crippen MR) is 86.0 cm³/mol. The van der Waals surface area contributed by atoms with Gasteiger partial charge in [-0.15, -0.1) is 0 Å². The number of rotatable bonds is 7. The van der Waals surface area contributed by atoms with E-state index in [0.717, 1.165) is 17.9 Å². The first-order valence-corrected chi connectivity index (χ1v) is 7.65. The van der Waals surface area contributed by atoms with Crippen molar-refractivity contribution in [3.05, 3.63) is 51.9 Å². The van der Waals surface area contributed by atoms with Gasteiger partial charge in [0.15, 0.2) is 0 Å². The number of halogens is 2. The Hall–Kier alpha value is -1.16. The lowest BCUT2D eigenvalue weighted by atomic mass is 10.2. The molecule has 0 atom stereocenters. The molecule has 114 valence electrons. The summed E-state index contributed by atoms with van der Waals surface area (Å²) in [7, 11) is 0. The number of hydrogen-bond donors (Lipinski definition) is 1. The van der Waals surface area contributed by atoms with Gasteiger partial charge in [0, 0.05) is 15.6 Å². The minimum atomic E-state index is 0.422. The first kappa shape index (κ1) is 16.2. The summed E-state index contributed by atoms with van der Waals surface area (Å²) in [4.78, 5) is 0. The molecule has 1 N–H and O–H groups in total. The summed E-state index contributed by atoms with van der Waals surface area (Å²) in [6, 6.07) is 7.07. The van der Waals surface area contributed by atoms with E-state index in [9.17, 15) is 0 Å². The molecule has 0 aliphatic carbocycles. The number of ether oxygens (including phenoxy) is 1. The molecule has 0 aliphatic heterocycles. The minimum Gasteiger partial charge on any atom is -0.489 e. The fourth-order valence-electron chi connectivity index (χ4n) is 1.90. The van der Waals surface area contributed by atoms with Gasteiger partial charge in [0.05, 0.1) is 12.8 Å². The summed E-state index contributed by atoms with van der Waals surface area (Å²) in [6.45, 7) is 6.40. The van der Waals surface area contributed by atoms with Crippen LogP contribution in [0.15, 0.2) is 34.9 Å². The van der Waals surface area contributed by atoms with Crippen LogP contribution in [0.4, 0.5) is 0 Å². The lowest BCUT2D eigenvalue weighted by Gasteiger charge is -2.09. The second-order valence-corrected chi connectivity index (χ2v) is 6.16. The monoisotopic (exact) mass is 327 g/mol. The molecule has 3 nitrogen and oxygen atoms in total. The van der Waals surface area contributed by atoms with E-state index in [1.54, 1.807) is 24.5 Å². The maximum atomic E-state index is 5.95. The quantitative estimate of drug-likeness (QED) is 0.784. The second kappa shape index (κ2) is 7.74. The van der Waals surface area contributed by atoms with Crippen LogP contribution in [0.3, 0.4) is 0 Å². The minimum absolute atomic E-state index is 0.422. The van der Waals surface area contributed by atoms with Crippen LogP contribution in [0.5, 0.6) is 5.75 Å². The summed E-state index contributed by atoms with van der Waals surface area (Å²) < 4.78 is 11.2. The van der Waals surface area contributed by atoms with Crippen molar-refractivity contribution in [1.29, 1.82) is 0 Å². The van der Waals surface area contributed by atoms with Crippen LogP contribution in [0.1, 0.15) is 25.2 Å². The third-order valence-electron chi connectivity index (χ3n) is 2.91. The Kier molecular flexibility index (Phi) is 5.97. The lowest BCUT2D eigenvalue weighted by Crippen LogP contribution is -2.19. The van der Waals surface area contributed by atoms with E-state index in [2.05, 4.69) is 19.2 Å².